The first-order valence-corrected chi connectivity index (χ1v) is 5.72. The normalized spacial score (nSPS) is 19.4. The Balaban J connectivity index is 2.04. The van der Waals surface area contributed by atoms with Gasteiger partial charge >= 0.3 is 0 Å². The Bertz CT molecular complexity index is 501. The number of hydrogen-bond donors (Lipinski definition) is 1. The highest BCUT2D eigenvalue weighted by molar-refractivity contribution is 5.37. The molecule has 3 rings (SSSR count). The highest BCUT2D eigenvalue weighted by Crippen LogP contribution is 2.27. The van der Waals surface area contributed by atoms with E-state index < -0.39 is 0 Å². The van der Waals surface area contributed by atoms with Crippen LogP contribution < -0.4 is 5.32 Å². The van der Waals surface area contributed by atoms with Crippen LogP contribution in [0.15, 0.2) is 36.7 Å². The van der Waals surface area contributed by atoms with Crippen LogP contribution in [-0.4, -0.2) is 16.3 Å². The Morgan fingerprint density at radius 3 is 3.06 bits per heavy atom. The van der Waals surface area contributed by atoms with Gasteiger partial charge in [-0.3, -0.25) is 4.68 Å². The van der Waals surface area contributed by atoms with Crippen molar-refractivity contribution >= 4 is 0 Å². The van der Waals surface area contributed by atoms with E-state index in [0.29, 0.717) is 5.92 Å². The van der Waals surface area contributed by atoms with Gasteiger partial charge in [-0.1, -0.05) is 24.3 Å². The summed E-state index contributed by atoms with van der Waals surface area (Å²) in [5, 5.41) is 6.64. The van der Waals surface area contributed by atoms with Crippen molar-refractivity contribution in [1.82, 2.24) is 9.78 Å². The van der Waals surface area contributed by atoms with Crippen LogP contribution in [0.25, 0.3) is 0 Å². The summed E-state index contributed by atoms with van der Waals surface area (Å²) in [6, 6.07) is 8.74. The lowest BCUT2D eigenvalue weighted by atomic mass is 9.87. The lowest BCUT2D eigenvalue weighted by Gasteiger charge is -2.22. The van der Waals surface area contributed by atoms with E-state index in [0.717, 1.165) is 13.1 Å². The molecule has 82 valence electrons. The predicted octanol–water partition coefficient (Wildman–Crippen LogP) is 0.629. The highest BCUT2D eigenvalue weighted by Gasteiger charge is 2.24. The first kappa shape index (κ1) is 9.60. The SMILES string of the molecule is Cn1cc(C2C[NH2+]Cc3ccccc32)cn1. The number of rotatable bonds is 1. The molecule has 1 unspecified atom stereocenters. The third-order valence-electron chi connectivity index (χ3n) is 3.32. The van der Waals surface area contributed by atoms with E-state index in [4.69, 9.17) is 0 Å². The zero-order valence-electron chi connectivity index (χ0n) is 9.43. The largest absolute Gasteiger partial charge is 0.342 e. The molecule has 2 heterocycles. The number of nitrogens with zero attached hydrogens (tertiary/aromatic N) is 2. The molecule has 1 aliphatic rings. The third-order valence-corrected chi connectivity index (χ3v) is 3.32. The fourth-order valence-corrected chi connectivity index (χ4v) is 2.53. The van der Waals surface area contributed by atoms with Gasteiger partial charge in [-0.2, -0.15) is 5.10 Å². The maximum Gasteiger partial charge on any atom is 0.102 e. The molecule has 0 bridgehead atoms. The molecule has 0 fully saturated rings. The van der Waals surface area contributed by atoms with Gasteiger partial charge < -0.3 is 5.32 Å². The first-order valence-electron chi connectivity index (χ1n) is 5.72. The second-order valence-electron chi connectivity index (χ2n) is 4.43. The molecule has 1 aromatic carbocycles. The van der Waals surface area contributed by atoms with Gasteiger partial charge in [-0.25, -0.2) is 0 Å². The Kier molecular flexibility index (Phi) is 2.26. The quantitative estimate of drug-likeness (QED) is 0.742. The van der Waals surface area contributed by atoms with Crippen molar-refractivity contribution < 1.29 is 5.32 Å². The van der Waals surface area contributed by atoms with Gasteiger partial charge in [0.2, 0.25) is 0 Å². The zero-order valence-corrected chi connectivity index (χ0v) is 9.43. The zero-order chi connectivity index (χ0) is 11.0. The maximum atomic E-state index is 4.27. The Morgan fingerprint density at radius 1 is 1.38 bits per heavy atom. The monoisotopic (exact) mass is 214 g/mol. The molecule has 3 nitrogen and oxygen atoms in total. The lowest BCUT2D eigenvalue weighted by molar-refractivity contribution is -0.675. The van der Waals surface area contributed by atoms with Crippen molar-refractivity contribution in [3.8, 4) is 0 Å². The molecule has 1 aliphatic heterocycles. The predicted molar refractivity (Wildman–Crippen MR) is 62.0 cm³/mol. The molecular weight excluding hydrogens is 198 g/mol. The molecule has 0 saturated carbocycles. The second kappa shape index (κ2) is 3.76. The number of nitrogens with two attached hydrogens (primary N) is 1. The number of hydrogen-bond acceptors (Lipinski definition) is 1. The van der Waals surface area contributed by atoms with Crippen LogP contribution in [0.1, 0.15) is 22.6 Å². The van der Waals surface area contributed by atoms with Crippen LogP contribution in [-0.2, 0) is 13.6 Å². The van der Waals surface area contributed by atoms with E-state index >= 15 is 0 Å². The molecule has 2 N–H and O–H groups in total. The van der Waals surface area contributed by atoms with E-state index in [1.165, 1.54) is 16.7 Å². The fraction of sp³-hybridized carbons (Fsp3) is 0.308. The summed E-state index contributed by atoms with van der Waals surface area (Å²) in [7, 11) is 1.97. The molecule has 0 amide bonds. The Labute approximate surface area is 95.1 Å². The van der Waals surface area contributed by atoms with Crippen molar-refractivity contribution in [2.75, 3.05) is 6.54 Å². The van der Waals surface area contributed by atoms with E-state index in [1.807, 2.05) is 17.9 Å². The number of aryl methyl sites for hydroxylation is 1. The van der Waals surface area contributed by atoms with Gasteiger partial charge in [0.05, 0.1) is 18.7 Å². The smallest absolute Gasteiger partial charge is 0.102 e. The van der Waals surface area contributed by atoms with Gasteiger partial charge in [0.1, 0.15) is 6.54 Å². The number of quaternary nitrogens is 1. The molecule has 1 atom stereocenters. The summed E-state index contributed by atoms with van der Waals surface area (Å²) < 4.78 is 1.88. The number of fused-ring (bicyclic) bond motifs is 1. The van der Waals surface area contributed by atoms with Gasteiger partial charge in [0.25, 0.3) is 0 Å². The van der Waals surface area contributed by atoms with Crippen LogP contribution in [0.5, 0.6) is 0 Å². The van der Waals surface area contributed by atoms with E-state index in [-0.39, 0.29) is 0 Å². The molecule has 0 aliphatic carbocycles. The van der Waals surface area contributed by atoms with Gasteiger partial charge in [-0.15, -0.1) is 0 Å². The molecule has 2 aromatic rings. The van der Waals surface area contributed by atoms with Gasteiger partial charge in [0, 0.05) is 24.4 Å². The molecule has 0 saturated heterocycles. The summed E-state index contributed by atoms with van der Waals surface area (Å²) in [6.07, 6.45) is 4.11. The summed E-state index contributed by atoms with van der Waals surface area (Å²) in [5.41, 5.74) is 4.26. The molecular formula is C13H16N3+. The van der Waals surface area contributed by atoms with Crippen LogP contribution in [0.3, 0.4) is 0 Å². The average molecular weight is 214 g/mol. The molecule has 3 heteroatoms. The molecule has 0 spiro atoms. The number of aromatic nitrogens is 2. The third kappa shape index (κ3) is 1.53. The number of benzene rings is 1. The van der Waals surface area contributed by atoms with Crippen molar-refractivity contribution in [2.45, 2.75) is 12.5 Å². The Morgan fingerprint density at radius 2 is 2.25 bits per heavy atom. The fourth-order valence-electron chi connectivity index (χ4n) is 2.53. The van der Waals surface area contributed by atoms with E-state index in [9.17, 15) is 0 Å². The van der Waals surface area contributed by atoms with E-state index in [1.54, 1.807) is 0 Å². The van der Waals surface area contributed by atoms with Crippen LogP contribution in [0.4, 0.5) is 0 Å². The molecule has 0 radical (unpaired) electrons. The lowest BCUT2D eigenvalue weighted by Crippen LogP contribution is -2.85. The minimum atomic E-state index is 0.499. The van der Waals surface area contributed by atoms with E-state index in [2.05, 4.69) is 40.9 Å². The highest BCUT2D eigenvalue weighted by atomic mass is 15.2. The minimum Gasteiger partial charge on any atom is -0.342 e. The van der Waals surface area contributed by atoms with Crippen LogP contribution in [0.2, 0.25) is 0 Å². The molecule has 1 aromatic heterocycles. The van der Waals surface area contributed by atoms with Crippen molar-refractivity contribution in [2.24, 2.45) is 7.05 Å². The summed E-state index contributed by atoms with van der Waals surface area (Å²) in [5.74, 6) is 0.499. The van der Waals surface area contributed by atoms with Gasteiger partial charge in [-0.05, 0) is 5.56 Å². The topological polar surface area (TPSA) is 34.4 Å². The van der Waals surface area contributed by atoms with Crippen molar-refractivity contribution in [1.29, 1.82) is 0 Å². The summed E-state index contributed by atoms with van der Waals surface area (Å²) >= 11 is 0. The van der Waals surface area contributed by atoms with Gasteiger partial charge in [0.15, 0.2) is 0 Å². The summed E-state index contributed by atoms with van der Waals surface area (Å²) in [4.78, 5) is 0. The van der Waals surface area contributed by atoms with Crippen LogP contribution >= 0.6 is 0 Å². The average Bonchev–Trinajstić information content (AvgIpc) is 2.75. The van der Waals surface area contributed by atoms with Crippen LogP contribution in [0, 0.1) is 0 Å². The minimum absolute atomic E-state index is 0.499. The second-order valence-corrected chi connectivity index (χ2v) is 4.43. The summed E-state index contributed by atoms with van der Waals surface area (Å²) in [6.45, 7) is 2.23. The first-order chi connectivity index (χ1) is 7.84. The molecule has 16 heavy (non-hydrogen) atoms. The maximum absolute atomic E-state index is 4.27. The van der Waals surface area contributed by atoms with Crippen molar-refractivity contribution in [3.63, 3.8) is 0 Å². The Hall–Kier alpha value is -1.61. The standard InChI is InChI=1S/C13H15N3/c1-16-9-11(7-15-16)13-8-14-6-10-4-2-3-5-12(10)13/h2-5,7,9,13-14H,6,8H2,1H3/p+1. The van der Waals surface area contributed by atoms with Crippen molar-refractivity contribution in [3.05, 3.63) is 53.3 Å².